The minimum Gasteiger partial charge on any atom is -0.493 e. The fourth-order valence-corrected chi connectivity index (χ4v) is 4.66. The molecule has 0 saturated carbocycles. The van der Waals surface area contributed by atoms with Gasteiger partial charge in [-0.3, -0.25) is 4.79 Å². The average Bonchev–Trinajstić information content (AvgIpc) is 3.41. The Balaban J connectivity index is 1.22. The maximum Gasteiger partial charge on any atom is 0.298 e. The molecule has 2 fully saturated rings. The van der Waals surface area contributed by atoms with Crippen LogP contribution in [0.1, 0.15) is 35.2 Å². The molecule has 7 nitrogen and oxygen atoms in total. The topological polar surface area (TPSA) is 76.8 Å². The number of hydrogen-bond donors (Lipinski definition) is 1. The highest BCUT2D eigenvalue weighted by Gasteiger charge is 2.49. The van der Waals surface area contributed by atoms with Crippen LogP contribution in [0.25, 0.3) is 11.1 Å². The van der Waals surface area contributed by atoms with Crippen LogP contribution < -0.4 is 15.0 Å². The fourth-order valence-electron chi connectivity index (χ4n) is 4.66. The maximum absolute atomic E-state index is 12.8. The highest BCUT2D eigenvalue weighted by Crippen LogP contribution is 2.42. The van der Waals surface area contributed by atoms with E-state index in [1.807, 2.05) is 30.3 Å². The third-order valence-electron chi connectivity index (χ3n) is 6.49. The lowest BCUT2D eigenvalue weighted by Crippen LogP contribution is -2.61. The second-order valence-electron chi connectivity index (χ2n) is 8.34. The summed E-state index contributed by atoms with van der Waals surface area (Å²) in [6.45, 7) is 3.20. The summed E-state index contributed by atoms with van der Waals surface area (Å²) >= 11 is 0. The first-order valence-electron chi connectivity index (χ1n) is 10.5. The van der Waals surface area contributed by atoms with Gasteiger partial charge in [0.1, 0.15) is 11.3 Å². The molecular formula is C23H23N3O4. The number of nitrogens with one attached hydrogen (secondary N) is 1. The number of carbonyl (C=O) groups excluding carboxylic acids is 1. The Morgan fingerprint density at radius 3 is 2.93 bits per heavy atom. The minimum atomic E-state index is -0.142. The predicted octanol–water partition coefficient (Wildman–Crippen LogP) is 3.77. The molecule has 1 unspecified atom stereocenters. The number of carbonyl (C=O) groups is 1. The van der Waals surface area contributed by atoms with Crippen LogP contribution >= 0.6 is 0 Å². The van der Waals surface area contributed by atoms with E-state index in [4.69, 9.17) is 13.9 Å². The molecule has 1 atom stereocenters. The molecule has 0 aliphatic carbocycles. The van der Waals surface area contributed by atoms with E-state index in [2.05, 4.69) is 15.2 Å². The van der Waals surface area contributed by atoms with Gasteiger partial charge in [0.15, 0.2) is 5.58 Å². The summed E-state index contributed by atoms with van der Waals surface area (Å²) in [5.74, 6) is 0.738. The molecule has 0 bridgehead atoms. The second kappa shape index (κ2) is 6.74. The fraction of sp³-hybridized carbons (Fsp3) is 0.391. The molecule has 7 heteroatoms. The lowest BCUT2D eigenvalue weighted by molar-refractivity contribution is 0.102. The molecule has 3 aliphatic heterocycles. The monoisotopic (exact) mass is 405 g/mol. The lowest BCUT2D eigenvalue weighted by Gasteiger charge is -2.48. The predicted molar refractivity (Wildman–Crippen MR) is 112 cm³/mol. The molecule has 1 amide bonds. The summed E-state index contributed by atoms with van der Waals surface area (Å²) in [5, 5.41) is 2.98. The average molecular weight is 405 g/mol. The molecule has 1 spiro atoms. The molecule has 1 aromatic heterocycles. The minimum absolute atomic E-state index is 0.0497. The SMILES string of the molecule is O=C(Nc1ccc2oc(N3CCC34CCOC4)nc2c1)c1ccc2c(c1)CCCO2. The Hall–Kier alpha value is -3.06. The number of fused-ring (bicyclic) bond motifs is 2. The summed E-state index contributed by atoms with van der Waals surface area (Å²) in [6.07, 6.45) is 4.04. The van der Waals surface area contributed by atoms with Crippen molar-refractivity contribution in [2.24, 2.45) is 0 Å². The maximum atomic E-state index is 12.8. The number of anilines is 2. The van der Waals surface area contributed by atoms with Crippen molar-refractivity contribution in [3.05, 3.63) is 47.5 Å². The summed E-state index contributed by atoms with van der Waals surface area (Å²) in [4.78, 5) is 19.7. The zero-order chi connectivity index (χ0) is 20.1. The van der Waals surface area contributed by atoms with Gasteiger partial charge in [0.05, 0.1) is 18.8 Å². The molecule has 30 heavy (non-hydrogen) atoms. The summed E-state index contributed by atoms with van der Waals surface area (Å²) in [6, 6.07) is 11.8. The zero-order valence-corrected chi connectivity index (χ0v) is 16.6. The molecule has 4 heterocycles. The third-order valence-corrected chi connectivity index (χ3v) is 6.49. The van der Waals surface area contributed by atoms with Crippen LogP contribution in [0.15, 0.2) is 40.8 Å². The number of aryl methyl sites for hydroxylation is 1. The Bertz CT molecular complexity index is 1130. The number of nitrogens with zero attached hydrogens (tertiary/aromatic N) is 2. The largest absolute Gasteiger partial charge is 0.493 e. The standard InChI is InChI=1S/C23H23N3O4/c27-21(16-3-5-19-15(12-16)2-1-10-29-19)24-17-4-6-20-18(13-17)25-22(30-20)26-9-7-23(26)8-11-28-14-23/h3-6,12-13H,1-2,7-11,14H2,(H,24,27). The molecule has 154 valence electrons. The number of benzene rings is 2. The Morgan fingerprint density at radius 2 is 2.10 bits per heavy atom. The molecule has 2 aromatic carbocycles. The van der Waals surface area contributed by atoms with Crippen LogP contribution in [0.2, 0.25) is 0 Å². The van der Waals surface area contributed by atoms with Crippen molar-refractivity contribution in [3.8, 4) is 5.75 Å². The van der Waals surface area contributed by atoms with Gasteiger partial charge < -0.3 is 24.1 Å². The molecule has 2 saturated heterocycles. The summed E-state index contributed by atoms with van der Waals surface area (Å²) in [7, 11) is 0. The van der Waals surface area contributed by atoms with Crippen LogP contribution in [0, 0.1) is 0 Å². The summed E-state index contributed by atoms with van der Waals surface area (Å²) in [5.41, 5.74) is 3.92. The van der Waals surface area contributed by atoms with Gasteiger partial charge in [-0.1, -0.05) is 0 Å². The Kier molecular flexibility index (Phi) is 3.99. The van der Waals surface area contributed by atoms with Crippen molar-refractivity contribution < 1.29 is 18.7 Å². The molecule has 3 aromatic rings. The van der Waals surface area contributed by atoms with E-state index in [0.29, 0.717) is 17.3 Å². The van der Waals surface area contributed by atoms with E-state index in [0.717, 1.165) is 74.5 Å². The highest BCUT2D eigenvalue weighted by molar-refractivity contribution is 6.05. The van der Waals surface area contributed by atoms with Crippen molar-refractivity contribution >= 4 is 28.7 Å². The van der Waals surface area contributed by atoms with E-state index in [1.54, 1.807) is 6.07 Å². The molecular weight excluding hydrogens is 382 g/mol. The molecule has 1 N–H and O–H groups in total. The Morgan fingerprint density at radius 1 is 1.13 bits per heavy atom. The first-order valence-corrected chi connectivity index (χ1v) is 10.5. The normalized spacial score (nSPS) is 22.6. The highest BCUT2D eigenvalue weighted by atomic mass is 16.5. The van der Waals surface area contributed by atoms with Gasteiger partial charge in [0.2, 0.25) is 0 Å². The van der Waals surface area contributed by atoms with Crippen LogP contribution in [-0.4, -0.2) is 42.8 Å². The Labute approximate surface area is 174 Å². The van der Waals surface area contributed by atoms with Gasteiger partial charge in [-0.2, -0.15) is 4.98 Å². The number of hydrogen-bond acceptors (Lipinski definition) is 6. The number of oxazole rings is 1. The van der Waals surface area contributed by atoms with Crippen LogP contribution in [0.3, 0.4) is 0 Å². The van der Waals surface area contributed by atoms with Crippen LogP contribution in [0.5, 0.6) is 5.75 Å². The van der Waals surface area contributed by atoms with Gasteiger partial charge in [-0.25, -0.2) is 0 Å². The molecule has 3 aliphatic rings. The van der Waals surface area contributed by atoms with Crippen LogP contribution in [-0.2, 0) is 11.2 Å². The van der Waals surface area contributed by atoms with Gasteiger partial charge in [0, 0.05) is 24.4 Å². The van der Waals surface area contributed by atoms with Gasteiger partial charge >= 0.3 is 0 Å². The first-order chi connectivity index (χ1) is 14.7. The smallest absolute Gasteiger partial charge is 0.298 e. The van der Waals surface area contributed by atoms with Crippen molar-refractivity contribution in [1.82, 2.24) is 4.98 Å². The van der Waals surface area contributed by atoms with E-state index >= 15 is 0 Å². The third kappa shape index (κ3) is 2.84. The quantitative estimate of drug-likeness (QED) is 0.715. The van der Waals surface area contributed by atoms with E-state index in [-0.39, 0.29) is 11.4 Å². The molecule has 6 rings (SSSR count). The second-order valence-corrected chi connectivity index (χ2v) is 8.34. The van der Waals surface area contributed by atoms with E-state index in [9.17, 15) is 4.79 Å². The van der Waals surface area contributed by atoms with E-state index in [1.165, 1.54) is 0 Å². The van der Waals surface area contributed by atoms with Crippen LogP contribution in [0.4, 0.5) is 11.7 Å². The summed E-state index contributed by atoms with van der Waals surface area (Å²) < 4.78 is 17.2. The number of ether oxygens (including phenoxy) is 2. The number of rotatable bonds is 3. The van der Waals surface area contributed by atoms with E-state index < -0.39 is 0 Å². The molecule has 0 radical (unpaired) electrons. The number of amides is 1. The zero-order valence-electron chi connectivity index (χ0n) is 16.6. The number of aromatic nitrogens is 1. The van der Waals surface area contributed by atoms with Gasteiger partial charge in [-0.05, 0) is 67.6 Å². The van der Waals surface area contributed by atoms with Gasteiger partial charge in [-0.15, -0.1) is 0 Å². The van der Waals surface area contributed by atoms with Crippen molar-refractivity contribution in [3.63, 3.8) is 0 Å². The first kappa shape index (κ1) is 17.8. The van der Waals surface area contributed by atoms with Crippen molar-refractivity contribution in [2.75, 3.05) is 36.6 Å². The van der Waals surface area contributed by atoms with Crippen molar-refractivity contribution in [1.29, 1.82) is 0 Å². The van der Waals surface area contributed by atoms with Gasteiger partial charge in [0.25, 0.3) is 11.9 Å². The van der Waals surface area contributed by atoms with Crippen molar-refractivity contribution in [2.45, 2.75) is 31.2 Å². The lowest BCUT2D eigenvalue weighted by atomic mass is 9.84.